The van der Waals surface area contributed by atoms with Gasteiger partial charge in [0, 0.05) is 0 Å². The fourth-order valence-corrected chi connectivity index (χ4v) is 7.64. The molecule has 2 aliphatic rings. The molecule has 2 aliphatic heterocycles. The van der Waals surface area contributed by atoms with Crippen molar-refractivity contribution >= 4 is 55.1 Å². The number of carbonyl (C=O) groups is 2. The van der Waals surface area contributed by atoms with Crippen LogP contribution in [0.25, 0.3) is 9.81 Å². The van der Waals surface area contributed by atoms with E-state index >= 15 is 0 Å². The number of methoxy groups -OCH3 is 2. The Hall–Kier alpha value is -3.01. The fraction of sp³-hybridized carbons (Fsp3) is 0.154. The van der Waals surface area contributed by atoms with E-state index in [1.807, 2.05) is 38.1 Å². The van der Waals surface area contributed by atoms with Gasteiger partial charge in [-0.25, -0.2) is 18.0 Å². The third-order valence-corrected chi connectivity index (χ3v) is 9.88. The van der Waals surface area contributed by atoms with Gasteiger partial charge in [-0.1, -0.05) is 83.2 Å². The van der Waals surface area contributed by atoms with Gasteiger partial charge in [-0.05, 0) is 42.7 Å². The van der Waals surface area contributed by atoms with Gasteiger partial charge in [-0.15, -0.1) is 0 Å². The van der Waals surface area contributed by atoms with E-state index in [4.69, 9.17) is 9.47 Å². The number of ether oxygens (including phenoxy) is 2. The topological polar surface area (TPSA) is 86.7 Å². The van der Waals surface area contributed by atoms with E-state index in [9.17, 15) is 18.0 Å². The Bertz CT molecular complexity index is 1340. The molecule has 0 N–H and O–H groups in total. The number of esters is 2. The molecule has 180 valence electrons. The van der Waals surface area contributed by atoms with Crippen LogP contribution in [0.15, 0.2) is 80.3 Å². The van der Waals surface area contributed by atoms with E-state index in [0.29, 0.717) is 20.9 Å². The minimum atomic E-state index is -3.85. The smallest absolute Gasteiger partial charge is 0.346 e. The Morgan fingerprint density at radius 1 is 0.686 bits per heavy atom. The zero-order valence-electron chi connectivity index (χ0n) is 19.4. The lowest BCUT2D eigenvalue weighted by molar-refractivity contribution is -0.138. The van der Waals surface area contributed by atoms with Crippen LogP contribution in [-0.4, -0.2) is 34.6 Å². The van der Waals surface area contributed by atoms with Gasteiger partial charge in [0.05, 0.1) is 28.3 Å². The van der Waals surface area contributed by atoms with E-state index in [2.05, 4.69) is 0 Å². The van der Waals surface area contributed by atoms with Crippen LogP contribution in [-0.2, 0) is 28.9 Å². The van der Waals surface area contributed by atoms with Crippen molar-refractivity contribution in [2.24, 2.45) is 0 Å². The van der Waals surface area contributed by atoms with Crippen LogP contribution in [0, 0.1) is 13.8 Å². The first-order chi connectivity index (χ1) is 16.6. The van der Waals surface area contributed by atoms with Gasteiger partial charge >= 0.3 is 11.9 Å². The Balaban J connectivity index is 1.92. The molecule has 0 saturated heterocycles. The average Bonchev–Trinajstić information content (AvgIpc) is 3.30. The number of benzene rings is 2. The summed E-state index contributed by atoms with van der Waals surface area (Å²) in [6.07, 6.45) is 3.17. The summed E-state index contributed by atoms with van der Waals surface area (Å²) in [5.41, 5.74) is 3.68. The molecule has 4 rings (SSSR count). The van der Waals surface area contributed by atoms with Crippen LogP contribution in [0.5, 0.6) is 0 Å². The molecule has 0 radical (unpaired) electrons. The Kier molecular flexibility index (Phi) is 7.12. The number of carbonyl (C=O) groups excluding carboxylic acids is 2. The molecular formula is C26H22O6S3. The number of sulfone groups is 1. The molecule has 2 aromatic rings. The first-order valence-corrected chi connectivity index (χ1v) is 13.6. The quantitative estimate of drug-likeness (QED) is 0.492. The molecule has 0 aliphatic carbocycles. The standard InChI is InChI=1S/C26H22O6S3/c1-15-5-9-17(10-6-15)20-13-19(14-21(35(20,29)30)18-11-7-16(2)8-12-18)26-33-22(24(27)31-3)23(34-26)25(28)32-4/h5-14H,1-4H3. The van der Waals surface area contributed by atoms with Crippen LogP contribution in [0.1, 0.15) is 22.3 Å². The molecule has 0 fully saturated rings. The molecule has 0 unspecified atom stereocenters. The first kappa shape index (κ1) is 25.1. The monoisotopic (exact) mass is 526 g/mol. The van der Waals surface area contributed by atoms with Crippen molar-refractivity contribution in [2.45, 2.75) is 13.8 Å². The summed E-state index contributed by atoms with van der Waals surface area (Å²) in [4.78, 5) is 25.2. The summed E-state index contributed by atoms with van der Waals surface area (Å²) in [6, 6.07) is 14.5. The highest BCUT2D eigenvalue weighted by molar-refractivity contribution is 8.29. The van der Waals surface area contributed by atoms with Crippen molar-refractivity contribution in [3.8, 4) is 0 Å². The molecule has 0 spiro atoms. The van der Waals surface area contributed by atoms with Crippen molar-refractivity contribution in [3.05, 3.63) is 103 Å². The van der Waals surface area contributed by atoms with E-state index in [0.717, 1.165) is 34.7 Å². The molecule has 2 aromatic carbocycles. The lowest BCUT2D eigenvalue weighted by atomic mass is 10.1. The van der Waals surface area contributed by atoms with Crippen LogP contribution in [0.3, 0.4) is 0 Å². The van der Waals surface area contributed by atoms with Crippen LogP contribution >= 0.6 is 23.5 Å². The molecule has 6 nitrogen and oxygen atoms in total. The number of thioether (sulfide) groups is 2. The fourth-order valence-electron chi connectivity index (χ4n) is 3.50. The second kappa shape index (κ2) is 9.93. The summed E-state index contributed by atoms with van der Waals surface area (Å²) in [5.74, 6) is -1.32. The molecule has 9 heteroatoms. The second-order valence-corrected chi connectivity index (χ2v) is 12.0. The van der Waals surface area contributed by atoms with Crippen molar-refractivity contribution in [1.29, 1.82) is 0 Å². The van der Waals surface area contributed by atoms with Crippen molar-refractivity contribution < 1.29 is 27.5 Å². The maximum atomic E-state index is 13.8. The molecule has 0 aromatic heterocycles. The third kappa shape index (κ3) is 4.89. The molecule has 35 heavy (non-hydrogen) atoms. The Labute approximate surface area is 212 Å². The number of hydrogen-bond donors (Lipinski definition) is 0. The van der Waals surface area contributed by atoms with E-state index in [1.54, 1.807) is 36.4 Å². The first-order valence-electron chi connectivity index (χ1n) is 10.5. The summed E-state index contributed by atoms with van der Waals surface area (Å²) in [6.45, 7) is 3.86. The van der Waals surface area contributed by atoms with E-state index < -0.39 is 21.8 Å². The van der Waals surface area contributed by atoms with Crippen LogP contribution in [0.2, 0.25) is 0 Å². The van der Waals surface area contributed by atoms with Crippen LogP contribution in [0.4, 0.5) is 0 Å². The van der Waals surface area contributed by atoms with E-state index in [1.165, 1.54) is 14.2 Å². The van der Waals surface area contributed by atoms with Crippen molar-refractivity contribution in [3.63, 3.8) is 0 Å². The normalized spacial score (nSPS) is 17.1. The van der Waals surface area contributed by atoms with Gasteiger partial charge in [-0.3, -0.25) is 0 Å². The van der Waals surface area contributed by atoms with Gasteiger partial charge in [0.2, 0.25) is 9.84 Å². The lowest BCUT2D eigenvalue weighted by Crippen LogP contribution is -2.11. The van der Waals surface area contributed by atoms with Gasteiger partial charge < -0.3 is 9.47 Å². The summed E-state index contributed by atoms with van der Waals surface area (Å²) >= 11 is 2.13. The van der Waals surface area contributed by atoms with Gasteiger partial charge in [0.25, 0.3) is 0 Å². The summed E-state index contributed by atoms with van der Waals surface area (Å²) < 4.78 is 37.8. The van der Waals surface area contributed by atoms with Crippen molar-refractivity contribution in [2.75, 3.05) is 14.2 Å². The third-order valence-electron chi connectivity index (χ3n) is 5.40. The SMILES string of the molecule is COC(=O)C1=C(C(=O)OC)SC(=C2C=C(c3ccc(C)cc3)S(=O)(=O)C(c3ccc(C)cc3)=C2)S1. The maximum Gasteiger partial charge on any atom is 0.346 e. The van der Waals surface area contributed by atoms with Crippen LogP contribution < -0.4 is 0 Å². The molecular weight excluding hydrogens is 504 g/mol. The largest absolute Gasteiger partial charge is 0.465 e. The predicted molar refractivity (Wildman–Crippen MR) is 140 cm³/mol. The van der Waals surface area contributed by atoms with Gasteiger partial charge in [0.15, 0.2) is 0 Å². The van der Waals surface area contributed by atoms with Crippen molar-refractivity contribution in [1.82, 2.24) is 0 Å². The predicted octanol–water partition coefficient (Wildman–Crippen LogP) is 5.36. The number of hydrogen-bond acceptors (Lipinski definition) is 8. The average molecular weight is 527 g/mol. The Morgan fingerprint density at radius 3 is 1.40 bits per heavy atom. The summed E-state index contributed by atoms with van der Waals surface area (Å²) in [5, 5.41) is 0. The second-order valence-electron chi connectivity index (χ2n) is 7.84. The minimum Gasteiger partial charge on any atom is -0.465 e. The highest BCUT2D eigenvalue weighted by Gasteiger charge is 2.36. The molecule has 0 atom stereocenters. The zero-order chi connectivity index (χ0) is 25.3. The van der Waals surface area contributed by atoms with E-state index in [-0.39, 0.29) is 19.6 Å². The highest BCUT2D eigenvalue weighted by atomic mass is 32.2. The summed E-state index contributed by atoms with van der Waals surface area (Å²) in [7, 11) is -1.39. The van der Waals surface area contributed by atoms with Gasteiger partial charge in [-0.2, -0.15) is 0 Å². The lowest BCUT2D eigenvalue weighted by Gasteiger charge is -2.19. The number of aryl methyl sites for hydroxylation is 2. The highest BCUT2D eigenvalue weighted by Crippen LogP contribution is 2.53. The zero-order valence-corrected chi connectivity index (χ0v) is 21.9. The number of allylic oxidation sites excluding steroid dienone is 3. The maximum absolute atomic E-state index is 13.8. The number of rotatable bonds is 4. The van der Waals surface area contributed by atoms with Gasteiger partial charge in [0.1, 0.15) is 9.81 Å². The molecule has 0 saturated carbocycles. The minimum absolute atomic E-state index is 0.107. The molecule has 0 amide bonds. The molecule has 0 bridgehead atoms. The Morgan fingerprint density at radius 2 is 1.06 bits per heavy atom. The molecule has 2 heterocycles.